The molecule has 24 heavy (non-hydrogen) atoms. The highest BCUT2D eigenvalue weighted by Gasteiger charge is 2.25. The molecule has 1 aliphatic heterocycles. The Kier molecular flexibility index (Phi) is 5.13. The highest BCUT2D eigenvalue weighted by Crippen LogP contribution is 2.26. The van der Waals surface area contributed by atoms with Gasteiger partial charge in [-0.2, -0.15) is 5.10 Å². The number of hydrogen-bond acceptors (Lipinski definition) is 3. The molecule has 0 N–H and O–H groups in total. The van der Waals surface area contributed by atoms with Crippen LogP contribution >= 0.6 is 23.2 Å². The molecular weight excluding hydrogens is 347 g/mol. The van der Waals surface area contributed by atoms with Crippen LogP contribution in [-0.2, 0) is 13.6 Å². The minimum absolute atomic E-state index is 0.0519. The Morgan fingerprint density at radius 3 is 2.33 bits per heavy atom. The summed E-state index contributed by atoms with van der Waals surface area (Å²) in [7, 11) is 1.83. The average molecular weight is 367 g/mol. The van der Waals surface area contributed by atoms with E-state index in [1.165, 1.54) is 0 Å². The quantitative estimate of drug-likeness (QED) is 0.838. The molecule has 0 aliphatic carbocycles. The van der Waals surface area contributed by atoms with E-state index in [4.69, 9.17) is 23.2 Å². The van der Waals surface area contributed by atoms with E-state index in [0.29, 0.717) is 35.2 Å². The minimum atomic E-state index is 0.0519. The Balaban J connectivity index is 1.62. The summed E-state index contributed by atoms with van der Waals surface area (Å²) in [5, 5.41) is 5.62. The van der Waals surface area contributed by atoms with E-state index in [-0.39, 0.29) is 5.91 Å². The van der Waals surface area contributed by atoms with Crippen LogP contribution in [-0.4, -0.2) is 51.7 Å². The lowest BCUT2D eigenvalue weighted by Crippen LogP contribution is -2.48. The molecule has 1 amide bonds. The van der Waals surface area contributed by atoms with Crippen LogP contribution in [0.15, 0.2) is 24.4 Å². The van der Waals surface area contributed by atoms with Gasteiger partial charge < -0.3 is 4.90 Å². The molecule has 0 spiro atoms. The van der Waals surface area contributed by atoms with Gasteiger partial charge in [-0.15, -0.1) is 0 Å². The van der Waals surface area contributed by atoms with Gasteiger partial charge in [0, 0.05) is 61.6 Å². The predicted molar refractivity (Wildman–Crippen MR) is 95.6 cm³/mol. The van der Waals surface area contributed by atoms with Crippen LogP contribution in [0.4, 0.5) is 0 Å². The first-order valence-electron chi connectivity index (χ1n) is 7.90. The average Bonchev–Trinajstić information content (AvgIpc) is 2.89. The van der Waals surface area contributed by atoms with E-state index >= 15 is 0 Å². The first kappa shape index (κ1) is 17.3. The third kappa shape index (κ3) is 3.58. The highest BCUT2D eigenvalue weighted by atomic mass is 35.5. The zero-order valence-electron chi connectivity index (χ0n) is 13.8. The predicted octanol–water partition coefficient (Wildman–Crippen LogP) is 2.99. The number of carbonyl (C=O) groups excluding carboxylic acids is 1. The largest absolute Gasteiger partial charge is 0.336 e. The van der Waals surface area contributed by atoms with Crippen molar-refractivity contribution in [3.63, 3.8) is 0 Å². The van der Waals surface area contributed by atoms with Crippen LogP contribution in [0, 0.1) is 6.92 Å². The molecule has 1 saturated heterocycles. The van der Waals surface area contributed by atoms with Gasteiger partial charge in [-0.3, -0.25) is 14.4 Å². The maximum atomic E-state index is 12.6. The second kappa shape index (κ2) is 7.13. The first-order chi connectivity index (χ1) is 11.5. The Morgan fingerprint density at radius 1 is 1.17 bits per heavy atom. The van der Waals surface area contributed by atoms with Gasteiger partial charge in [0.1, 0.15) is 0 Å². The van der Waals surface area contributed by atoms with E-state index in [2.05, 4.69) is 10.00 Å². The van der Waals surface area contributed by atoms with Crippen molar-refractivity contribution in [3.8, 4) is 0 Å². The van der Waals surface area contributed by atoms with Crippen LogP contribution in [0.1, 0.15) is 21.6 Å². The number of rotatable bonds is 3. The molecule has 3 rings (SSSR count). The highest BCUT2D eigenvalue weighted by molar-refractivity contribution is 6.35. The Bertz CT molecular complexity index is 731. The van der Waals surface area contributed by atoms with Crippen molar-refractivity contribution in [1.82, 2.24) is 19.6 Å². The molecule has 0 saturated carbocycles. The van der Waals surface area contributed by atoms with E-state index in [1.54, 1.807) is 10.9 Å². The summed E-state index contributed by atoms with van der Waals surface area (Å²) >= 11 is 12.5. The normalized spacial score (nSPS) is 15.8. The van der Waals surface area contributed by atoms with Crippen LogP contribution in [0.3, 0.4) is 0 Å². The van der Waals surface area contributed by atoms with Gasteiger partial charge in [-0.1, -0.05) is 29.3 Å². The summed E-state index contributed by atoms with van der Waals surface area (Å²) < 4.78 is 1.68. The van der Waals surface area contributed by atoms with Crippen molar-refractivity contribution < 1.29 is 4.79 Å². The lowest BCUT2D eigenvalue weighted by atomic mass is 10.1. The lowest BCUT2D eigenvalue weighted by Gasteiger charge is -2.35. The van der Waals surface area contributed by atoms with Crippen LogP contribution in [0.2, 0.25) is 10.0 Å². The fourth-order valence-electron chi connectivity index (χ4n) is 3.00. The number of aryl methyl sites for hydroxylation is 2. The number of aromatic nitrogens is 2. The summed E-state index contributed by atoms with van der Waals surface area (Å²) in [6.45, 7) is 5.54. The molecule has 7 heteroatoms. The molecule has 0 unspecified atom stereocenters. The van der Waals surface area contributed by atoms with Crippen molar-refractivity contribution in [2.45, 2.75) is 13.5 Å². The molecule has 0 radical (unpaired) electrons. The number of nitrogens with zero attached hydrogens (tertiary/aromatic N) is 4. The van der Waals surface area contributed by atoms with E-state index < -0.39 is 0 Å². The second-order valence-corrected chi connectivity index (χ2v) is 6.88. The molecule has 0 atom stereocenters. The number of halogens is 2. The maximum absolute atomic E-state index is 12.6. The zero-order chi connectivity index (χ0) is 17.3. The summed E-state index contributed by atoms with van der Waals surface area (Å²) in [6, 6.07) is 5.56. The lowest BCUT2D eigenvalue weighted by molar-refractivity contribution is 0.0627. The van der Waals surface area contributed by atoms with Gasteiger partial charge in [-0.05, 0) is 19.1 Å². The number of carbonyl (C=O) groups is 1. The number of hydrogen-bond donors (Lipinski definition) is 0. The van der Waals surface area contributed by atoms with Gasteiger partial charge in [0.25, 0.3) is 5.91 Å². The topological polar surface area (TPSA) is 41.4 Å². The summed E-state index contributed by atoms with van der Waals surface area (Å²) in [4.78, 5) is 16.8. The van der Waals surface area contributed by atoms with E-state index in [9.17, 15) is 4.79 Å². The van der Waals surface area contributed by atoms with Crippen molar-refractivity contribution >= 4 is 29.1 Å². The molecule has 0 bridgehead atoms. The van der Waals surface area contributed by atoms with E-state index in [0.717, 1.165) is 24.3 Å². The SMILES string of the molecule is Cc1nn(C)cc1C(=O)N1CCN(Cc2c(Cl)cccc2Cl)CC1. The van der Waals surface area contributed by atoms with Crippen molar-refractivity contribution in [3.05, 3.63) is 51.3 Å². The van der Waals surface area contributed by atoms with Crippen LogP contribution < -0.4 is 0 Å². The number of piperazine rings is 1. The van der Waals surface area contributed by atoms with Gasteiger partial charge in [0.05, 0.1) is 11.3 Å². The molecule has 5 nitrogen and oxygen atoms in total. The van der Waals surface area contributed by atoms with Crippen molar-refractivity contribution in [2.75, 3.05) is 26.2 Å². The van der Waals surface area contributed by atoms with Gasteiger partial charge in [-0.25, -0.2) is 0 Å². The third-order valence-corrected chi connectivity index (χ3v) is 5.05. The van der Waals surface area contributed by atoms with Gasteiger partial charge >= 0.3 is 0 Å². The standard InChI is InChI=1S/C17H20Cl2N4O/c1-12-13(10-21(2)20-12)17(24)23-8-6-22(7-9-23)11-14-15(18)4-3-5-16(14)19/h3-5,10H,6-9,11H2,1-2H3. The van der Waals surface area contributed by atoms with Gasteiger partial charge in [0.2, 0.25) is 0 Å². The first-order valence-corrected chi connectivity index (χ1v) is 8.66. The zero-order valence-corrected chi connectivity index (χ0v) is 15.3. The van der Waals surface area contributed by atoms with E-state index in [1.807, 2.05) is 37.1 Å². The molecule has 1 aromatic heterocycles. The molecule has 128 valence electrons. The summed E-state index contributed by atoms with van der Waals surface area (Å²) in [5.41, 5.74) is 2.40. The van der Waals surface area contributed by atoms with Crippen molar-refractivity contribution in [1.29, 1.82) is 0 Å². The maximum Gasteiger partial charge on any atom is 0.257 e. The molecule has 1 aromatic carbocycles. The molecule has 2 aromatic rings. The second-order valence-electron chi connectivity index (χ2n) is 6.07. The van der Waals surface area contributed by atoms with Crippen molar-refractivity contribution in [2.24, 2.45) is 7.05 Å². The smallest absolute Gasteiger partial charge is 0.257 e. The molecule has 2 heterocycles. The van der Waals surface area contributed by atoms with Gasteiger partial charge in [0.15, 0.2) is 0 Å². The Labute approximate surface area is 151 Å². The fraction of sp³-hybridized carbons (Fsp3) is 0.412. The summed E-state index contributed by atoms with van der Waals surface area (Å²) in [5.74, 6) is 0.0519. The Hall–Kier alpha value is -1.56. The minimum Gasteiger partial charge on any atom is -0.336 e. The molecule has 1 fully saturated rings. The Morgan fingerprint density at radius 2 is 1.79 bits per heavy atom. The molecule has 1 aliphatic rings. The number of benzene rings is 1. The number of amides is 1. The monoisotopic (exact) mass is 366 g/mol. The third-order valence-electron chi connectivity index (χ3n) is 4.35. The van der Waals surface area contributed by atoms with Crippen LogP contribution in [0.5, 0.6) is 0 Å². The fourth-order valence-corrected chi connectivity index (χ4v) is 3.51. The van der Waals surface area contributed by atoms with Crippen LogP contribution in [0.25, 0.3) is 0 Å². The summed E-state index contributed by atoms with van der Waals surface area (Å²) in [6.07, 6.45) is 1.79. The molecular formula is C17H20Cl2N4O.